The normalized spacial score (nSPS) is 10.3. The predicted octanol–water partition coefficient (Wildman–Crippen LogP) is 4.02. The van der Waals surface area contributed by atoms with Crippen LogP contribution in [0.5, 0.6) is 5.75 Å². The molecule has 0 saturated carbocycles. The van der Waals surface area contributed by atoms with Gasteiger partial charge in [-0.2, -0.15) is 0 Å². The third-order valence-corrected chi connectivity index (χ3v) is 2.70. The average molecular weight is 234 g/mol. The lowest BCUT2D eigenvalue weighted by Crippen LogP contribution is -2.02. The summed E-state index contributed by atoms with van der Waals surface area (Å²) in [6.07, 6.45) is 3.42. The Balaban J connectivity index is 2.87. The molecule has 0 N–H and O–H groups in total. The summed E-state index contributed by atoms with van der Waals surface area (Å²) in [6, 6.07) is 5.78. The molecule has 17 heavy (non-hydrogen) atoms. The first-order valence-electron chi connectivity index (χ1n) is 6.51. The van der Waals surface area contributed by atoms with E-state index >= 15 is 0 Å². The third kappa shape index (κ3) is 3.88. The lowest BCUT2D eigenvalue weighted by molar-refractivity contribution is 0.0981. The van der Waals surface area contributed by atoms with Crippen molar-refractivity contribution >= 4 is 5.78 Å². The highest BCUT2D eigenvalue weighted by Crippen LogP contribution is 2.22. The maximum Gasteiger partial charge on any atom is 0.162 e. The van der Waals surface area contributed by atoms with Crippen LogP contribution >= 0.6 is 0 Å². The summed E-state index contributed by atoms with van der Waals surface area (Å²) in [7, 11) is 0. The van der Waals surface area contributed by atoms with Crippen molar-refractivity contribution in [3.8, 4) is 5.75 Å². The Morgan fingerprint density at radius 3 is 2.53 bits per heavy atom. The Bertz CT molecular complexity index is 369. The van der Waals surface area contributed by atoms with Gasteiger partial charge in [0.1, 0.15) is 5.75 Å². The number of hydrogen-bond donors (Lipinski definition) is 0. The SMILES string of the molecule is CCCOc1ccc(C(=O)CCC)cc1CC. The molecule has 0 aliphatic carbocycles. The molecule has 0 bridgehead atoms. The van der Waals surface area contributed by atoms with Crippen LogP contribution in [0.1, 0.15) is 56.0 Å². The molecule has 0 saturated heterocycles. The number of rotatable bonds is 7. The van der Waals surface area contributed by atoms with Crippen molar-refractivity contribution in [1.29, 1.82) is 0 Å². The molecule has 1 rings (SSSR count). The fourth-order valence-corrected chi connectivity index (χ4v) is 1.75. The van der Waals surface area contributed by atoms with E-state index in [9.17, 15) is 4.79 Å². The first kappa shape index (κ1) is 13.8. The van der Waals surface area contributed by atoms with Gasteiger partial charge in [-0.3, -0.25) is 4.79 Å². The van der Waals surface area contributed by atoms with Crippen LogP contribution in [0.15, 0.2) is 18.2 Å². The highest BCUT2D eigenvalue weighted by atomic mass is 16.5. The summed E-state index contributed by atoms with van der Waals surface area (Å²) in [5.74, 6) is 1.15. The second kappa shape index (κ2) is 7.10. The van der Waals surface area contributed by atoms with Crippen LogP contribution in [0.25, 0.3) is 0 Å². The van der Waals surface area contributed by atoms with Crippen LogP contribution in [0.3, 0.4) is 0 Å². The van der Waals surface area contributed by atoms with E-state index in [1.165, 1.54) is 0 Å². The first-order chi connectivity index (χ1) is 8.22. The van der Waals surface area contributed by atoms with E-state index in [1.54, 1.807) is 0 Å². The van der Waals surface area contributed by atoms with Gasteiger partial charge in [-0.15, -0.1) is 0 Å². The van der Waals surface area contributed by atoms with E-state index in [4.69, 9.17) is 4.74 Å². The van der Waals surface area contributed by atoms with Crippen LogP contribution in [-0.4, -0.2) is 12.4 Å². The summed E-state index contributed by atoms with van der Waals surface area (Å²) in [6.45, 7) is 6.93. The van der Waals surface area contributed by atoms with Crippen molar-refractivity contribution < 1.29 is 9.53 Å². The molecule has 0 radical (unpaired) electrons. The number of hydrogen-bond acceptors (Lipinski definition) is 2. The quantitative estimate of drug-likeness (QED) is 0.666. The minimum Gasteiger partial charge on any atom is -0.493 e. The van der Waals surface area contributed by atoms with Gasteiger partial charge >= 0.3 is 0 Å². The number of benzene rings is 1. The van der Waals surface area contributed by atoms with E-state index in [0.717, 1.165) is 42.7 Å². The van der Waals surface area contributed by atoms with Crippen molar-refractivity contribution in [3.05, 3.63) is 29.3 Å². The number of Topliss-reactive ketones (excluding diaryl/α,β-unsaturated/α-hetero) is 1. The minimum atomic E-state index is 0.226. The molecule has 2 nitrogen and oxygen atoms in total. The Hall–Kier alpha value is -1.31. The standard InChI is InChI=1S/C15H22O2/c1-4-7-14(16)13-8-9-15(17-10-5-2)12(6-3)11-13/h8-9,11H,4-7,10H2,1-3H3. The maximum atomic E-state index is 11.8. The van der Waals surface area contributed by atoms with Gasteiger partial charge in [-0.05, 0) is 43.0 Å². The first-order valence-corrected chi connectivity index (χ1v) is 6.51. The topological polar surface area (TPSA) is 26.3 Å². The number of ether oxygens (including phenoxy) is 1. The van der Waals surface area contributed by atoms with Gasteiger partial charge in [0.2, 0.25) is 0 Å². The van der Waals surface area contributed by atoms with Crippen LogP contribution < -0.4 is 4.74 Å². The fourth-order valence-electron chi connectivity index (χ4n) is 1.75. The molecule has 0 heterocycles. The number of aryl methyl sites for hydroxylation is 1. The lowest BCUT2D eigenvalue weighted by Gasteiger charge is -2.11. The van der Waals surface area contributed by atoms with Crippen molar-refractivity contribution in [3.63, 3.8) is 0 Å². The van der Waals surface area contributed by atoms with Gasteiger partial charge in [0, 0.05) is 12.0 Å². The molecule has 0 atom stereocenters. The third-order valence-electron chi connectivity index (χ3n) is 2.70. The Labute approximate surface area is 104 Å². The highest BCUT2D eigenvalue weighted by molar-refractivity contribution is 5.96. The van der Waals surface area contributed by atoms with Crippen LogP contribution in [0, 0.1) is 0 Å². The van der Waals surface area contributed by atoms with Gasteiger partial charge < -0.3 is 4.74 Å². The highest BCUT2D eigenvalue weighted by Gasteiger charge is 2.08. The lowest BCUT2D eigenvalue weighted by atomic mass is 10.0. The smallest absolute Gasteiger partial charge is 0.162 e. The van der Waals surface area contributed by atoms with E-state index in [1.807, 2.05) is 25.1 Å². The Morgan fingerprint density at radius 2 is 1.94 bits per heavy atom. The number of ketones is 1. The molecular formula is C15H22O2. The summed E-state index contributed by atoms with van der Waals surface area (Å²) in [5.41, 5.74) is 1.94. The van der Waals surface area contributed by atoms with Crippen molar-refractivity contribution in [2.45, 2.75) is 46.5 Å². The molecule has 0 unspecified atom stereocenters. The van der Waals surface area contributed by atoms with Crippen molar-refractivity contribution in [2.75, 3.05) is 6.61 Å². The molecule has 1 aromatic carbocycles. The molecule has 0 spiro atoms. The Kier molecular flexibility index (Phi) is 5.75. The molecule has 94 valence electrons. The molecule has 0 aromatic heterocycles. The van der Waals surface area contributed by atoms with Gasteiger partial charge in [0.15, 0.2) is 5.78 Å². The summed E-state index contributed by atoms with van der Waals surface area (Å²) < 4.78 is 5.66. The second-order valence-electron chi connectivity index (χ2n) is 4.20. The molecule has 1 aromatic rings. The van der Waals surface area contributed by atoms with Crippen LogP contribution in [-0.2, 0) is 6.42 Å². The van der Waals surface area contributed by atoms with Gasteiger partial charge in [-0.1, -0.05) is 20.8 Å². The largest absolute Gasteiger partial charge is 0.493 e. The second-order valence-corrected chi connectivity index (χ2v) is 4.20. The van der Waals surface area contributed by atoms with Crippen molar-refractivity contribution in [2.24, 2.45) is 0 Å². The molecule has 0 fully saturated rings. The van der Waals surface area contributed by atoms with Crippen LogP contribution in [0.4, 0.5) is 0 Å². The van der Waals surface area contributed by atoms with Gasteiger partial charge in [-0.25, -0.2) is 0 Å². The molecular weight excluding hydrogens is 212 g/mol. The zero-order chi connectivity index (χ0) is 12.7. The summed E-state index contributed by atoms with van der Waals surface area (Å²) in [4.78, 5) is 11.8. The van der Waals surface area contributed by atoms with E-state index < -0.39 is 0 Å². The molecule has 0 aliphatic heterocycles. The molecule has 0 amide bonds. The average Bonchev–Trinajstić information content (AvgIpc) is 2.36. The van der Waals surface area contributed by atoms with E-state index in [0.29, 0.717) is 6.42 Å². The summed E-state index contributed by atoms with van der Waals surface area (Å²) >= 11 is 0. The molecule has 2 heteroatoms. The van der Waals surface area contributed by atoms with Gasteiger partial charge in [0.05, 0.1) is 6.61 Å². The minimum absolute atomic E-state index is 0.226. The van der Waals surface area contributed by atoms with Crippen LogP contribution in [0.2, 0.25) is 0 Å². The molecule has 0 aliphatic rings. The Morgan fingerprint density at radius 1 is 1.18 bits per heavy atom. The van der Waals surface area contributed by atoms with Gasteiger partial charge in [0.25, 0.3) is 0 Å². The fraction of sp³-hybridized carbons (Fsp3) is 0.533. The zero-order valence-electron chi connectivity index (χ0n) is 11.1. The predicted molar refractivity (Wildman–Crippen MR) is 70.8 cm³/mol. The van der Waals surface area contributed by atoms with E-state index in [-0.39, 0.29) is 5.78 Å². The maximum absolute atomic E-state index is 11.8. The van der Waals surface area contributed by atoms with E-state index in [2.05, 4.69) is 13.8 Å². The number of carbonyl (C=O) groups excluding carboxylic acids is 1. The number of carbonyl (C=O) groups is 1. The zero-order valence-corrected chi connectivity index (χ0v) is 11.1. The monoisotopic (exact) mass is 234 g/mol. The van der Waals surface area contributed by atoms with Crippen molar-refractivity contribution in [1.82, 2.24) is 0 Å². The summed E-state index contributed by atoms with van der Waals surface area (Å²) in [5, 5.41) is 0.